The minimum atomic E-state index is -0.326. The van der Waals surface area contributed by atoms with Gasteiger partial charge in [0, 0.05) is 18.1 Å². The second-order valence-corrected chi connectivity index (χ2v) is 5.26. The number of halogens is 2. The molecular weight excluding hydrogens is 331 g/mol. The molecule has 7 heteroatoms. The van der Waals surface area contributed by atoms with Gasteiger partial charge in [-0.3, -0.25) is 9.78 Å². The summed E-state index contributed by atoms with van der Waals surface area (Å²) in [5.74, 6) is -0.650. The zero-order valence-corrected chi connectivity index (χ0v) is 13.1. The van der Waals surface area contributed by atoms with Gasteiger partial charge >= 0.3 is 0 Å². The smallest absolute Gasteiger partial charge is 0.257 e. The fourth-order valence-electron chi connectivity index (χ4n) is 2.00. The first-order chi connectivity index (χ1) is 11.6. The SMILES string of the molecule is O=C(Nc1ccncc1Nc1ccc(F)cc1)c1ccc(Cl)nc1. The number of nitrogens with one attached hydrogen (secondary N) is 2. The Morgan fingerprint density at radius 2 is 1.79 bits per heavy atom. The molecule has 0 fully saturated rings. The van der Waals surface area contributed by atoms with Crippen LogP contribution in [-0.2, 0) is 0 Å². The quantitative estimate of drug-likeness (QED) is 0.695. The average Bonchev–Trinajstić information content (AvgIpc) is 2.59. The largest absolute Gasteiger partial charge is 0.353 e. The van der Waals surface area contributed by atoms with Crippen molar-refractivity contribution in [1.82, 2.24) is 9.97 Å². The Labute approximate surface area is 142 Å². The van der Waals surface area contributed by atoms with Crippen LogP contribution >= 0.6 is 11.6 Å². The van der Waals surface area contributed by atoms with Crippen molar-refractivity contribution < 1.29 is 9.18 Å². The summed E-state index contributed by atoms with van der Waals surface area (Å²) in [5, 5.41) is 6.18. The van der Waals surface area contributed by atoms with Gasteiger partial charge in [0.1, 0.15) is 11.0 Å². The Hall–Kier alpha value is -2.99. The fourth-order valence-corrected chi connectivity index (χ4v) is 2.11. The van der Waals surface area contributed by atoms with Gasteiger partial charge in [-0.05, 0) is 42.5 Å². The summed E-state index contributed by atoms with van der Waals surface area (Å²) in [6, 6.07) is 10.7. The molecule has 0 aliphatic carbocycles. The van der Waals surface area contributed by atoms with E-state index in [4.69, 9.17) is 11.6 Å². The van der Waals surface area contributed by atoms with Crippen LogP contribution in [0.2, 0.25) is 5.15 Å². The van der Waals surface area contributed by atoms with Crippen LogP contribution in [-0.4, -0.2) is 15.9 Å². The molecule has 0 aliphatic heterocycles. The summed E-state index contributed by atoms with van der Waals surface area (Å²) in [6.45, 7) is 0. The molecule has 3 aromatic rings. The second kappa shape index (κ2) is 7.06. The Balaban J connectivity index is 1.79. The van der Waals surface area contributed by atoms with Crippen molar-refractivity contribution in [1.29, 1.82) is 0 Å². The van der Waals surface area contributed by atoms with Crippen LogP contribution in [0.1, 0.15) is 10.4 Å². The summed E-state index contributed by atoms with van der Waals surface area (Å²) >= 11 is 5.72. The number of hydrogen-bond acceptors (Lipinski definition) is 4. The van der Waals surface area contributed by atoms with E-state index in [-0.39, 0.29) is 11.7 Å². The van der Waals surface area contributed by atoms with Crippen LogP contribution < -0.4 is 10.6 Å². The molecule has 3 rings (SSSR count). The first-order valence-electron chi connectivity index (χ1n) is 7.01. The summed E-state index contributed by atoms with van der Waals surface area (Å²) in [6.07, 6.45) is 4.52. The molecule has 1 aromatic carbocycles. The van der Waals surface area contributed by atoms with E-state index in [2.05, 4.69) is 20.6 Å². The Morgan fingerprint density at radius 3 is 2.50 bits per heavy atom. The number of rotatable bonds is 4. The first-order valence-corrected chi connectivity index (χ1v) is 7.39. The first kappa shape index (κ1) is 15.9. The van der Waals surface area contributed by atoms with Gasteiger partial charge in [0.25, 0.3) is 5.91 Å². The number of benzene rings is 1. The van der Waals surface area contributed by atoms with Crippen molar-refractivity contribution in [2.75, 3.05) is 10.6 Å². The van der Waals surface area contributed by atoms with Crippen LogP contribution in [0, 0.1) is 5.82 Å². The predicted octanol–water partition coefficient (Wildman–Crippen LogP) is 4.27. The second-order valence-electron chi connectivity index (χ2n) is 4.88. The van der Waals surface area contributed by atoms with Gasteiger partial charge in [-0.15, -0.1) is 0 Å². The highest BCUT2D eigenvalue weighted by molar-refractivity contribution is 6.29. The van der Waals surface area contributed by atoms with Gasteiger partial charge in [0.05, 0.1) is 23.1 Å². The van der Waals surface area contributed by atoms with E-state index in [0.29, 0.717) is 27.8 Å². The van der Waals surface area contributed by atoms with Gasteiger partial charge in [0.15, 0.2) is 0 Å². The van der Waals surface area contributed by atoms with Crippen molar-refractivity contribution in [3.63, 3.8) is 0 Å². The van der Waals surface area contributed by atoms with Crippen LogP contribution in [0.15, 0.2) is 61.1 Å². The van der Waals surface area contributed by atoms with Gasteiger partial charge in [0.2, 0.25) is 0 Å². The van der Waals surface area contributed by atoms with Crippen molar-refractivity contribution in [2.45, 2.75) is 0 Å². The molecule has 0 saturated heterocycles. The van der Waals surface area contributed by atoms with E-state index in [1.165, 1.54) is 18.3 Å². The van der Waals surface area contributed by atoms with E-state index in [9.17, 15) is 9.18 Å². The van der Waals surface area contributed by atoms with E-state index in [0.717, 1.165) is 0 Å². The molecule has 0 bridgehead atoms. The molecule has 0 atom stereocenters. The van der Waals surface area contributed by atoms with Gasteiger partial charge in [-0.1, -0.05) is 11.6 Å². The lowest BCUT2D eigenvalue weighted by atomic mass is 10.2. The van der Waals surface area contributed by atoms with E-state index in [1.54, 1.807) is 42.7 Å². The molecule has 0 radical (unpaired) electrons. The standard InChI is InChI=1S/C17H12ClFN4O/c18-16-6-1-11(9-21-16)17(24)23-14-7-8-20-10-15(14)22-13-4-2-12(19)3-5-13/h1-10,22H,(H,20,23,24). The van der Waals surface area contributed by atoms with Crippen LogP contribution in [0.4, 0.5) is 21.5 Å². The predicted molar refractivity (Wildman–Crippen MR) is 91.1 cm³/mol. The monoisotopic (exact) mass is 342 g/mol. The van der Waals surface area contributed by atoms with Gasteiger partial charge in [-0.25, -0.2) is 9.37 Å². The van der Waals surface area contributed by atoms with E-state index < -0.39 is 0 Å². The summed E-state index contributed by atoms with van der Waals surface area (Å²) in [7, 11) is 0. The molecule has 0 saturated carbocycles. The zero-order chi connectivity index (χ0) is 16.9. The maximum atomic E-state index is 13.0. The Morgan fingerprint density at radius 1 is 1.00 bits per heavy atom. The minimum Gasteiger partial charge on any atom is -0.353 e. The molecule has 0 spiro atoms. The third-order valence-electron chi connectivity index (χ3n) is 3.18. The lowest BCUT2D eigenvalue weighted by Crippen LogP contribution is -2.13. The van der Waals surface area contributed by atoms with E-state index >= 15 is 0 Å². The molecule has 2 aromatic heterocycles. The normalized spacial score (nSPS) is 10.2. The lowest BCUT2D eigenvalue weighted by molar-refractivity contribution is 0.102. The number of hydrogen-bond donors (Lipinski definition) is 2. The van der Waals surface area contributed by atoms with Crippen molar-refractivity contribution >= 4 is 34.6 Å². The lowest BCUT2D eigenvalue weighted by Gasteiger charge is -2.12. The topological polar surface area (TPSA) is 66.9 Å². The third-order valence-corrected chi connectivity index (χ3v) is 3.41. The minimum absolute atomic E-state index is 0.314. The molecule has 2 N–H and O–H groups in total. The maximum absolute atomic E-state index is 13.0. The molecule has 120 valence electrons. The van der Waals surface area contributed by atoms with Crippen molar-refractivity contribution in [3.05, 3.63) is 77.6 Å². The third kappa shape index (κ3) is 3.85. The van der Waals surface area contributed by atoms with Gasteiger partial charge in [-0.2, -0.15) is 0 Å². The van der Waals surface area contributed by atoms with E-state index in [1.807, 2.05) is 0 Å². The zero-order valence-electron chi connectivity index (χ0n) is 12.3. The molecule has 24 heavy (non-hydrogen) atoms. The summed E-state index contributed by atoms with van der Waals surface area (Å²) < 4.78 is 13.0. The van der Waals surface area contributed by atoms with Crippen LogP contribution in [0.25, 0.3) is 0 Å². The van der Waals surface area contributed by atoms with Gasteiger partial charge < -0.3 is 10.6 Å². The Bertz CT molecular complexity index is 853. The molecule has 0 aliphatic rings. The molecule has 5 nitrogen and oxygen atoms in total. The number of nitrogens with zero attached hydrogens (tertiary/aromatic N) is 2. The fraction of sp³-hybridized carbons (Fsp3) is 0. The highest BCUT2D eigenvalue weighted by atomic mass is 35.5. The van der Waals surface area contributed by atoms with Crippen LogP contribution in [0.5, 0.6) is 0 Å². The number of carbonyl (C=O) groups excluding carboxylic acids is 1. The molecule has 2 heterocycles. The molecule has 0 unspecified atom stereocenters. The van der Waals surface area contributed by atoms with Crippen molar-refractivity contribution in [2.24, 2.45) is 0 Å². The highest BCUT2D eigenvalue weighted by Gasteiger charge is 2.10. The molecule has 1 amide bonds. The number of pyridine rings is 2. The highest BCUT2D eigenvalue weighted by Crippen LogP contribution is 2.25. The number of carbonyl (C=O) groups is 1. The van der Waals surface area contributed by atoms with Crippen molar-refractivity contribution in [3.8, 4) is 0 Å². The number of anilines is 3. The molecular formula is C17H12ClFN4O. The number of aromatic nitrogens is 2. The summed E-state index contributed by atoms with van der Waals surface area (Å²) in [5.41, 5.74) is 2.17. The maximum Gasteiger partial charge on any atom is 0.257 e. The van der Waals surface area contributed by atoms with Crippen LogP contribution in [0.3, 0.4) is 0 Å². The number of amides is 1. The Kier molecular flexibility index (Phi) is 4.67. The average molecular weight is 343 g/mol. The summed E-state index contributed by atoms with van der Waals surface area (Å²) in [4.78, 5) is 20.2.